The number of amides is 2. The first-order valence-electron chi connectivity index (χ1n) is 10.5. The minimum Gasteiger partial charge on any atom is -0.444 e. The number of nitrogens with one attached hydrogen (secondary N) is 2. The van der Waals surface area contributed by atoms with Crippen LogP contribution in [0.25, 0.3) is 0 Å². The third-order valence-electron chi connectivity index (χ3n) is 4.60. The maximum absolute atomic E-state index is 13.3. The van der Waals surface area contributed by atoms with Crippen LogP contribution >= 0.6 is 11.6 Å². The Morgan fingerprint density at radius 3 is 2.39 bits per heavy atom. The van der Waals surface area contributed by atoms with Crippen molar-refractivity contribution < 1.29 is 14.3 Å². The summed E-state index contributed by atoms with van der Waals surface area (Å²) in [5.74, 6) is -0.396. The zero-order chi connectivity index (χ0) is 23.8. The number of hydrogen-bond donors (Lipinski definition) is 2. The molecule has 3 rings (SSSR count). The molecule has 0 fully saturated rings. The monoisotopic (exact) mass is 470 g/mol. The normalized spacial score (nSPS) is 13.1. The third-order valence-corrected chi connectivity index (χ3v) is 4.84. The molecule has 0 saturated heterocycles. The quantitative estimate of drug-likeness (QED) is 0.522. The molecule has 2 aromatic carbocycles. The number of carbonyl (C=O) groups excluding carboxylic acids is 2. The van der Waals surface area contributed by atoms with Crippen LogP contribution in [0.15, 0.2) is 60.9 Å². The number of nitrogens with zero attached hydrogens (tertiary/aromatic N) is 4. The van der Waals surface area contributed by atoms with Crippen LogP contribution in [0, 0.1) is 0 Å². The van der Waals surface area contributed by atoms with Gasteiger partial charge in [0, 0.05) is 17.9 Å². The summed E-state index contributed by atoms with van der Waals surface area (Å²) in [7, 11) is 0. The first-order valence-corrected chi connectivity index (χ1v) is 10.9. The Bertz CT molecular complexity index is 1050. The second-order valence-electron chi connectivity index (χ2n) is 8.54. The maximum atomic E-state index is 13.3. The van der Waals surface area contributed by atoms with Crippen LogP contribution in [-0.4, -0.2) is 43.9 Å². The molecule has 0 radical (unpaired) electrons. The van der Waals surface area contributed by atoms with Gasteiger partial charge in [0.05, 0.1) is 0 Å². The van der Waals surface area contributed by atoms with Crippen LogP contribution in [0.2, 0.25) is 5.02 Å². The summed E-state index contributed by atoms with van der Waals surface area (Å²) in [5, 5.41) is 17.5. The summed E-state index contributed by atoms with van der Waals surface area (Å²) in [6.07, 6.45) is 0.827. The van der Waals surface area contributed by atoms with Gasteiger partial charge in [-0.15, -0.1) is 5.10 Å². The smallest absolute Gasteiger partial charge is 0.408 e. The minimum atomic E-state index is -0.874. The predicted molar refractivity (Wildman–Crippen MR) is 123 cm³/mol. The molecule has 1 heterocycles. The molecule has 33 heavy (non-hydrogen) atoms. The summed E-state index contributed by atoms with van der Waals surface area (Å²) in [6, 6.07) is 15.9. The fourth-order valence-corrected chi connectivity index (χ4v) is 3.40. The van der Waals surface area contributed by atoms with E-state index in [1.54, 1.807) is 26.8 Å². The second kappa shape index (κ2) is 10.9. The van der Waals surface area contributed by atoms with E-state index in [-0.39, 0.29) is 6.42 Å². The molecule has 2 amide bonds. The zero-order valence-corrected chi connectivity index (χ0v) is 19.5. The van der Waals surface area contributed by atoms with Gasteiger partial charge in [-0.3, -0.25) is 4.79 Å². The van der Waals surface area contributed by atoms with E-state index in [9.17, 15) is 9.59 Å². The van der Waals surface area contributed by atoms with Crippen molar-refractivity contribution in [2.75, 3.05) is 0 Å². The number of halogens is 1. The number of carbonyl (C=O) groups is 2. The van der Waals surface area contributed by atoms with E-state index in [0.717, 1.165) is 11.1 Å². The van der Waals surface area contributed by atoms with E-state index in [4.69, 9.17) is 16.3 Å². The highest BCUT2D eigenvalue weighted by molar-refractivity contribution is 6.30. The van der Waals surface area contributed by atoms with Crippen molar-refractivity contribution in [3.8, 4) is 0 Å². The van der Waals surface area contributed by atoms with Crippen LogP contribution in [0.3, 0.4) is 0 Å². The zero-order valence-electron chi connectivity index (χ0n) is 18.7. The van der Waals surface area contributed by atoms with Gasteiger partial charge in [-0.2, -0.15) is 0 Å². The van der Waals surface area contributed by atoms with Crippen LogP contribution < -0.4 is 10.6 Å². The molecule has 2 unspecified atom stereocenters. The minimum absolute atomic E-state index is 0.283. The number of ether oxygens (including phenoxy) is 1. The van der Waals surface area contributed by atoms with E-state index in [2.05, 4.69) is 26.2 Å². The number of alkyl carbamates (subject to hydrolysis) is 1. The fraction of sp³-hybridized carbons (Fsp3) is 0.348. The average Bonchev–Trinajstić information content (AvgIpc) is 3.27. The number of tetrazole rings is 1. The molecule has 3 aromatic rings. The lowest BCUT2D eigenvalue weighted by Crippen LogP contribution is -2.51. The van der Waals surface area contributed by atoms with E-state index in [0.29, 0.717) is 11.4 Å². The second-order valence-corrected chi connectivity index (χ2v) is 8.97. The molecule has 0 aliphatic carbocycles. The highest BCUT2D eigenvalue weighted by atomic mass is 35.5. The number of aromatic nitrogens is 4. The topological polar surface area (TPSA) is 111 Å². The van der Waals surface area contributed by atoms with Crippen molar-refractivity contribution >= 4 is 23.6 Å². The molecular weight excluding hydrogens is 444 g/mol. The highest BCUT2D eigenvalue weighted by Crippen LogP contribution is 2.16. The van der Waals surface area contributed by atoms with Crippen LogP contribution in [0.5, 0.6) is 0 Å². The van der Waals surface area contributed by atoms with Gasteiger partial charge >= 0.3 is 6.09 Å². The van der Waals surface area contributed by atoms with Gasteiger partial charge in [0.2, 0.25) is 5.91 Å². The maximum Gasteiger partial charge on any atom is 0.408 e. The molecule has 2 N–H and O–H groups in total. The number of hydrogen-bond acceptors (Lipinski definition) is 6. The van der Waals surface area contributed by atoms with Crippen molar-refractivity contribution in [2.24, 2.45) is 0 Å². The molecule has 0 spiro atoms. The van der Waals surface area contributed by atoms with Crippen LogP contribution in [0.1, 0.15) is 38.1 Å². The Labute approximate surface area is 197 Å². The highest BCUT2D eigenvalue weighted by Gasteiger charge is 2.27. The van der Waals surface area contributed by atoms with Crippen molar-refractivity contribution in [1.29, 1.82) is 0 Å². The van der Waals surface area contributed by atoms with E-state index < -0.39 is 29.8 Å². The van der Waals surface area contributed by atoms with E-state index in [1.165, 1.54) is 11.0 Å². The molecule has 0 bridgehead atoms. The molecule has 174 valence electrons. The molecule has 9 nitrogen and oxygen atoms in total. The van der Waals surface area contributed by atoms with Crippen molar-refractivity contribution in [3.05, 3.63) is 77.1 Å². The fourth-order valence-electron chi connectivity index (χ4n) is 3.18. The van der Waals surface area contributed by atoms with Crippen LogP contribution in [0.4, 0.5) is 4.79 Å². The van der Waals surface area contributed by atoms with Gasteiger partial charge in [-0.1, -0.05) is 54.1 Å². The Hall–Kier alpha value is -3.46. The lowest BCUT2D eigenvalue weighted by molar-refractivity contribution is -0.124. The van der Waals surface area contributed by atoms with Gasteiger partial charge in [0.1, 0.15) is 24.1 Å². The summed E-state index contributed by atoms with van der Waals surface area (Å²) >= 11 is 6.11. The summed E-state index contributed by atoms with van der Waals surface area (Å²) < 4.78 is 6.81. The molecular formula is C23H27ClN6O3. The lowest BCUT2D eigenvalue weighted by atomic mass is 10.0. The largest absolute Gasteiger partial charge is 0.444 e. The van der Waals surface area contributed by atoms with Crippen LogP contribution in [-0.2, 0) is 22.4 Å². The number of rotatable bonds is 8. The summed E-state index contributed by atoms with van der Waals surface area (Å²) in [5.41, 5.74) is 1.09. The molecule has 10 heteroatoms. The van der Waals surface area contributed by atoms with Gasteiger partial charge in [0.25, 0.3) is 0 Å². The third kappa shape index (κ3) is 7.87. The standard InChI is InChI=1S/C23H27ClN6O3/c1-23(2,3)33-22(32)26-19(13-16-8-5-4-6-9-16)21(31)27-20(30-15-25-28-29-30)14-17-10-7-11-18(24)12-17/h4-12,15,19-20H,13-14H2,1-3H3,(H,26,32)(H,27,31). The average molecular weight is 471 g/mol. The SMILES string of the molecule is CC(C)(C)OC(=O)NC(Cc1ccccc1)C(=O)NC(Cc1cccc(Cl)c1)n1cnnn1. The molecule has 2 atom stereocenters. The molecule has 0 aliphatic heterocycles. The summed E-state index contributed by atoms with van der Waals surface area (Å²) in [4.78, 5) is 25.8. The van der Waals surface area contributed by atoms with Crippen molar-refractivity contribution in [2.45, 2.75) is 51.4 Å². The number of benzene rings is 2. The Kier molecular flexibility index (Phi) is 8.00. The van der Waals surface area contributed by atoms with E-state index >= 15 is 0 Å². The van der Waals surface area contributed by atoms with Gasteiger partial charge < -0.3 is 15.4 Å². The molecule has 0 aliphatic rings. The van der Waals surface area contributed by atoms with Gasteiger partial charge in [0.15, 0.2) is 0 Å². The Morgan fingerprint density at radius 1 is 1.03 bits per heavy atom. The van der Waals surface area contributed by atoms with Crippen molar-refractivity contribution in [1.82, 2.24) is 30.8 Å². The summed E-state index contributed by atoms with van der Waals surface area (Å²) in [6.45, 7) is 5.28. The predicted octanol–water partition coefficient (Wildman–Crippen LogP) is 3.32. The first kappa shape index (κ1) is 24.2. The van der Waals surface area contributed by atoms with Crippen molar-refractivity contribution in [3.63, 3.8) is 0 Å². The van der Waals surface area contributed by atoms with Gasteiger partial charge in [-0.25, -0.2) is 9.48 Å². The first-order chi connectivity index (χ1) is 15.7. The lowest BCUT2D eigenvalue weighted by Gasteiger charge is -2.25. The molecule has 1 aromatic heterocycles. The molecule has 0 saturated carbocycles. The Morgan fingerprint density at radius 2 is 1.76 bits per heavy atom. The van der Waals surface area contributed by atoms with E-state index in [1.807, 2.05) is 48.5 Å². The Balaban J connectivity index is 1.80. The van der Waals surface area contributed by atoms with Gasteiger partial charge in [-0.05, 0) is 54.5 Å².